The maximum absolute atomic E-state index is 12.4. The molecule has 7 nitrogen and oxygen atoms in total. The lowest BCUT2D eigenvalue weighted by Gasteiger charge is -2.33. The summed E-state index contributed by atoms with van der Waals surface area (Å²) >= 11 is 0. The van der Waals surface area contributed by atoms with Crippen LogP contribution in [0, 0.1) is 5.92 Å². The molecule has 7 heteroatoms. The third-order valence-electron chi connectivity index (χ3n) is 5.02. The van der Waals surface area contributed by atoms with Crippen molar-refractivity contribution in [2.24, 2.45) is 5.92 Å². The summed E-state index contributed by atoms with van der Waals surface area (Å²) in [7, 11) is 0. The number of likely N-dealkylation sites (tertiary alicyclic amines) is 2. The molecular weight excluding hydrogens is 306 g/mol. The molecule has 3 heterocycles. The Kier molecular flexibility index (Phi) is 5.06. The molecule has 1 N–H and O–H groups in total. The molecule has 1 unspecified atom stereocenters. The van der Waals surface area contributed by atoms with Crippen LogP contribution in [0.25, 0.3) is 0 Å². The number of hydrogen-bond donors (Lipinski definition) is 1. The minimum absolute atomic E-state index is 0.00271. The Balaban J connectivity index is 1.44. The molecule has 132 valence electrons. The number of carbonyl (C=O) groups is 2. The van der Waals surface area contributed by atoms with E-state index in [1.807, 2.05) is 36.2 Å². The molecule has 1 atom stereocenters. The molecular formula is C17H27N5O2. The molecule has 24 heavy (non-hydrogen) atoms. The predicted octanol–water partition coefficient (Wildman–Crippen LogP) is 1.49. The molecule has 0 aromatic carbocycles. The van der Waals surface area contributed by atoms with Gasteiger partial charge in [0, 0.05) is 56.6 Å². The fraction of sp³-hybridized carbons (Fsp3) is 0.706. The van der Waals surface area contributed by atoms with Crippen molar-refractivity contribution in [2.45, 2.75) is 45.2 Å². The minimum Gasteiger partial charge on any atom is -0.340 e. The van der Waals surface area contributed by atoms with Gasteiger partial charge in [-0.15, -0.1) is 0 Å². The lowest BCUT2D eigenvalue weighted by molar-refractivity contribution is -0.133. The first-order valence-electron chi connectivity index (χ1n) is 8.86. The molecule has 1 aromatic heterocycles. The van der Waals surface area contributed by atoms with Gasteiger partial charge in [-0.05, 0) is 19.3 Å². The molecule has 3 amide bonds. The highest BCUT2D eigenvalue weighted by Gasteiger charge is 2.30. The van der Waals surface area contributed by atoms with Gasteiger partial charge in [0.25, 0.3) is 0 Å². The number of aromatic nitrogens is 2. The first kappa shape index (κ1) is 16.8. The summed E-state index contributed by atoms with van der Waals surface area (Å²) in [5.74, 6) is 0.189. The van der Waals surface area contributed by atoms with Crippen molar-refractivity contribution in [1.82, 2.24) is 24.7 Å². The first-order valence-corrected chi connectivity index (χ1v) is 8.86. The lowest BCUT2D eigenvalue weighted by atomic mass is 10.1. The van der Waals surface area contributed by atoms with E-state index in [1.165, 1.54) is 0 Å². The van der Waals surface area contributed by atoms with Crippen LogP contribution in [0.4, 0.5) is 4.79 Å². The van der Waals surface area contributed by atoms with Gasteiger partial charge >= 0.3 is 6.03 Å². The summed E-state index contributed by atoms with van der Waals surface area (Å²) in [5.41, 5.74) is 0. The van der Waals surface area contributed by atoms with Gasteiger partial charge in [-0.1, -0.05) is 13.8 Å². The van der Waals surface area contributed by atoms with E-state index in [-0.39, 0.29) is 23.9 Å². The Morgan fingerprint density at radius 2 is 1.83 bits per heavy atom. The van der Waals surface area contributed by atoms with Gasteiger partial charge in [-0.25, -0.2) is 9.78 Å². The minimum atomic E-state index is 0.00271. The highest BCUT2D eigenvalue weighted by Crippen LogP contribution is 2.22. The average molecular weight is 333 g/mol. The standard InChI is InChI=1S/C17H27N5O2/c1-13(2)16(23)21-7-3-14(11-21)19-17(24)20-8-4-15(5-9-20)22-10-6-18-12-22/h6,10,12-15H,3-5,7-9,11H2,1-2H3,(H,19,24). The smallest absolute Gasteiger partial charge is 0.317 e. The Morgan fingerprint density at radius 1 is 1.12 bits per heavy atom. The number of carbonyl (C=O) groups excluding carboxylic acids is 2. The van der Waals surface area contributed by atoms with E-state index in [0.717, 1.165) is 38.9 Å². The average Bonchev–Trinajstić information content (AvgIpc) is 3.26. The lowest BCUT2D eigenvalue weighted by Crippen LogP contribution is -2.49. The second-order valence-electron chi connectivity index (χ2n) is 7.10. The zero-order chi connectivity index (χ0) is 17.1. The van der Waals surface area contributed by atoms with E-state index in [0.29, 0.717) is 12.6 Å². The van der Waals surface area contributed by atoms with Crippen molar-refractivity contribution in [3.05, 3.63) is 18.7 Å². The topological polar surface area (TPSA) is 70.5 Å². The predicted molar refractivity (Wildman–Crippen MR) is 90.4 cm³/mol. The van der Waals surface area contributed by atoms with Crippen LogP contribution in [0.15, 0.2) is 18.7 Å². The fourth-order valence-electron chi connectivity index (χ4n) is 3.56. The highest BCUT2D eigenvalue weighted by atomic mass is 16.2. The van der Waals surface area contributed by atoms with E-state index >= 15 is 0 Å². The second-order valence-corrected chi connectivity index (χ2v) is 7.10. The number of nitrogens with zero attached hydrogens (tertiary/aromatic N) is 4. The number of nitrogens with one attached hydrogen (secondary N) is 1. The number of imidazole rings is 1. The van der Waals surface area contributed by atoms with Gasteiger partial charge in [-0.2, -0.15) is 0 Å². The van der Waals surface area contributed by atoms with Gasteiger partial charge in [0.2, 0.25) is 5.91 Å². The number of rotatable bonds is 3. The highest BCUT2D eigenvalue weighted by molar-refractivity contribution is 5.79. The van der Waals surface area contributed by atoms with Crippen LogP contribution in [0.2, 0.25) is 0 Å². The van der Waals surface area contributed by atoms with Gasteiger partial charge in [0.1, 0.15) is 0 Å². The summed E-state index contributed by atoms with van der Waals surface area (Å²) in [4.78, 5) is 32.3. The summed E-state index contributed by atoms with van der Waals surface area (Å²) in [6.45, 7) is 6.72. The molecule has 1 aromatic rings. The molecule has 2 aliphatic rings. The van der Waals surface area contributed by atoms with Crippen molar-refractivity contribution >= 4 is 11.9 Å². The Morgan fingerprint density at radius 3 is 2.46 bits per heavy atom. The van der Waals surface area contributed by atoms with E-state index < -0.39 is 0 Å². The van der Waals surface area contributed by atoms with Crippen LogP contribution in [0.5, 0.6) is 0 Å². The largest absolute Gasteiger partial charge is 0.340 e. The Bertz CT molecular complexity index is 564. The van der Waals surface area contributed by atoms with Crippen molar-refractivity contribution < 1.29 is 9.59 Å². The van der Waals surface area contributed by atoms with Gasteiger partial charge in [0.15, 0.2) is 0 Å². The normalized spacial score (nSPS) is 22.2. The number of piperidine rings is 1. The van der Waals surface area contributed by atoms with Gasteiger partial charge in [0.05, 0.1) is 6.33 Å². The zero-order valence-electron chi connectivity index (χ0n) is 14.5. The third-order valence-corrected chi connectivity index (χ3v) is 5.02. The van der Waals surface area contributed by atoms with Crippen molar-refractivity contribution in [3.63, 3.8) is 0 Å². The number of urea groups is 1. The molecule has 0 spiro atoms. The molecule has 2 aliphatic heterocycles. The van der Waals surface area contributed by atoms with Crippen LogP contribution in [-0.4, -0.2) is 63.5 Å². The Labute approximate surface area is 143 Å². The van der Waals surface area contributed by atoms with Crippen LogP contribution in [-0.2, 0) is 4.79 Å². The van der Waals surface area contributed by atoms with Gasteiger partial charge < -0.3 is 19.7 Å². The summed E-state index contributed by atoms with van der Waals surface area (Å²) < 4.78 is 2.13. The van der Waals surface area contributed by atoms with E-state index in [1.54, 1.807) is 6.20 Å². The van der Waals surface area contributed by atoms with Crippen LogP contribution in [0.1, 0.15) is 39.2 Å². The van der Waals surface area contributed by atoms with Crippen LogP contribution < -0.4 is 5.32 Å². The van der Waals surface area contributed by atoms with E-state index in [9.17, 15) is 9.59 Å². The molecule has 0 saturated carbocycles. The summed E-state index contributed by atoms with van der Waals surface area (Å²) in [5, 5.41) is 3.10. The molecule has 0 radical (unpaired) electrons. The summed E-state index contributed by atoms with van der Waals surface area (Å²) in [6.07, 6.45) is 8.37. The van der Waals surface area contributed by atoms with Crippen LogP contribution >= 0.6 is 0 Å². The number of hydrogen-bond acceptors (Lipinski definition) is 3. The monoisotopic (exact) mass is 333 g/mol. The maximum Gasteiger partial charge on any atom is 0.317 e. The van der Waals surface area contributed by atoms with Crippen LogP contribution in [0.3, 0.4) is 0 Å². The number of amides is 3. The van der Waals surface area contributed by atoms with Crippen molar-refractivity contribution in [2.75, 3.05) is 26.2 Å². The zero-order valence-corrected chi connectivity index (χ0v) is 14.5. The fourth-order valence-corrected chi connectivity index (χ4v) is 3.56. The SMILES string of the molecule is CC(C)C(=O)N1CCC(NC(=O)N2CCC(n3ccnc3)CC2)C1. The van der Waals surface area contributed by atoms with Crippen molar-refractivity contribution in [3.8, 4) is 0 Å². The van der Waals surface area contributed by atoms with Gasteiger partial charge in [-0.3, -0.25) is 4.79 Å². The molecule has 3 rings (SSSR count). The third kappa shape index (κ3) is 3.71. The second kappa shape index (κ2) is 7.23. The molecule has 2 saturated heterocycles. The van der Waals surface area contributed by atoms with Crippen molar-refractivity contribution in [1.29, 1.82) is 0 Å². The van der Waals surface area contributed by atoms with E-state index in [2.05, 4.69) is 14.9 Å². The molecule has 0 aliphatic carbocycles. The van der Waals surface area contributed by atoms with E-state index in [4.69, 9.17) is 0 Å². The first-order chi connectivity index (χ1) is 11.5. The quantitative estimate of drug-likeness (QED) is 0.911. The Hall–Kier alpha value is -2.05. The molecule has 2 fully saturated rings. The summed E-state index contributed by atoms with van der Waals surface area (Å²) in [6, 6.07) is 0.511. The molecule has 0 bridgehead atoms. The maximum atomic E-state index is 12.4.